The summed E-state index contributed by atoms with van der Waals surface area (Å²) in [6.07, 6.45) is 4.38. The Morgan fingerprint density at radius 3 is 2.73 bits per heavy atom. The second kappa shape index (κ2) is 8.34. The van der Waals surface area contributed by atoms with Gasteiger partial charge >= 0.3 is 0 Å². The summed E-state index contributed by atoms with van der Waals surface area (Å²) in [7, 11) is 1.56. The summed E-state index contributed by atoms with van der Waals surface area (Å²) in [6, 6.07) is 16.4. The van der Waals surface area contributed by atoms with Crippen LogP contribution < -0.4 is 10.1 Å². The summed E-state index contributed by atoms with van der Waals surface area (Å²) in [6.45, 7) is 0.960. The summed E-state index contributed by atoms with van der Waals surface area (Å²) in [5.74, 6) is 0.273. The van der Waals surface area contributed by atoms with Gasteiger partial charge in [0.05, 0.1) is 7.11 Å². The highest BCUT2D eigenvalue weighted by Gasteiger charge is 2.30. The van der Waals surface area contributed by atoms with Crippen LogP contribution in [0.15, 0.2) is 66.7 Å². The average Bonchev–Trinajstić information content (AvgIpc) is 3.18. The molecule has 0 spiro atoms. The lowest BCUT2D eigenvalue weighted by Crippen LogP contribution is -2.46. The zero-order valence-corrected chi connectivity index (χ0v) is 14.7. The maximum Gasteiger partial charge on any atom is 0.255 e. The van der Waals surface area contributed by atoms with Gasteiger partial charge in [0.25, 0.3) is 5.91 Å². The van der Waals surface area contributed by atoms with Crippen LogP contribution in [0.5, 0.6) is 5.75 Å². The maximum atomic E-state index is 12.8. The highest BCUT2D eigenvalue weighted by Crippen LogP contribution is 2.18. The molecule has 0 radical (unpaired) electrons. The Hall–Kier alpha value is -3.08. The number of carbonyl (C=O) groups is 2. The molecule has 0 unspecified atom stereocenters. The minimum absolute atomic E-state index is 0.161. The molecule has 26 heavy (non-hydrogen) atoms. The number of amides is 2. The standard InChI is InChI=1S/C21H22N2O3/c1-26-18-10-5-9-17(15-18)21(25)23-14-6-11-19(23)20(24)22-13-12-16-7-3-2-4-8-16/h2-11,15,19H,12-14H2,1H3,(H,22,24)/t19-/m1/s1. The Labute approximate surface area is 153 Å². The van der Waals surface area contributed by atoms with Crippen molar-refractivity contribution in [1.29, 1.82) is 0 Å². The first-order valence-electron chi connectivity index (χ1n) is 8.62. The molecule has 5 heteroatoms. The number of rotatable bonds is 6. The van der Waals surface area contributed by atoms with Crippen molar-refractivity contribution in [1.82, 2.24) is 10.2 Å². The molecule has 1 atom stereocenters. The molecule has 2 aromatic rings. The van der Waals surface area contributed by atoms with Gasteiger partial charge in [0, 0.05) is 18.7 Å². The van der Waals surface area contributed by atoms with E-state index >= 15 is 0 Å². The van der Waals surface area contributed by atoms with Crippen molar-refractivity contribution < 1.29 is 14.3 Å². The van der Waals surface area contributed by atoms with Crippen molar-refractivity contribution in [3.63, 3.8) is 0 Å². The monoisotopic (exact) mass is 350 g/mol. The van der Waals surface area contributed by atoms with Gasteiger partial charge in [-0.2, -0.15) is 0 Å². The number of carbonyl (C=O) groups excluding carboxylic acids is 2. The highest BCUT2D eigenvalue weighted by atomic mass is 16.5. The maximum absolute atomic E-state index is 12.8. The lowest BCUT2D eigenvalue weighted by atomic mass is 10.1. The fourth-order valence-corrected chi connectivity index (χ4v) is 2.96. The first-order valence-corrected chi connectivity index (χ1v) is 8.62. The molecule has 1 heterocycles. The van der Waals surface area contributed by atoms with Gasteiger partial charge in [-0.25, -0.2) is 0 Å². The molecule has 2 aromatic carbocycles. The third-order valence-electron chi connectivity index (χ3n) is 4.36. The predicted octanol–water partition coefficient (Wildman–Crippen LogP) is 2.43. The van der Waals surface area contributed by atoms with E-state index in [0.29, 0.717) is 24.4 Å². The normalized spacial score (nSPS) is 15.7. The topological polar surface area (TPSA) is 58.6 Å². The van der Waals surface area contributed by atoms with Gasteiger partial charge in [-0.05, 0) is 30.2 Å². The number of hydrogen-bond acceptors (Lipinski definition) is 3. The molecule has 1 N–H and O–H groups in total. The van der Waals surface area contributed by atoms with Gasteiger partial charge in [0.2, 0.25) is 5.91 Å². The summed E-state index contributed by atoms with van der Waals surface area (Å²) >= 11 is 0. The van der Waals surface area contributed by atoms with Crippen molar-refractivity contribution in [3.8, 4) is 5.75 Å². The number of benzene rings is 2. The zero-order chi connectivity index (χ0) is 18.4. The Balaban J connectivity index is 1.60. The smallest absolute Gasteiger partial charge is 0.255 e. The Morgan fingerprint density at radius 2 is 1.96 bits per heavy atom. The minimum atomic E-state index is -0.579. The molecule has 3 rings (SSSR count). The van der Waals surface area contributed by atoms with E-state index in [9.17, 15) is 9.59 Å². The molecule has 0 aliphatic carbocycles. The van der Waals surface area contributed by atoms with E-state index in [1.54, 1.807) is 42.4 Å². The molecule has 0 fully saturated rings. The minimum Gasteiger partial charge on any atom is -0.497 e. The summed E-state index contributed by atoms with van der Waals surface area (Å²) < 4.78 is 5.17. The van der Waals surface area contributed by atoms with Crippen molar-refractivity contribution in [2.24, 2.45) is 0 Å². The molecule has 1 aliphatic rings. The first kappa shape index (κ1) is 17.7. The Bertz CT molecular complexity index is 802. The zero-order valence-electron chi connectivity index (χ0n) is 14.7. The van der Waals surface area contributed by atoms with Crippen LogP contribution in [-0.2, 0) is 11.2 Å². The van der Waals surface area contributed by atoms with E-state index in [0.717, 1.165) is 6.42 Å². The van der Waals surface area contributed by atoms with Gasteiger partial charge < -0.3 is 15.0 Å². The van der Waals surface area contributed by atoms with Gasteiger partial charge in [0.1, 0.15) is 11.8 Å². The van der Waals surface area contributed by atoms with Crippen LogP contribution in [0.25, 0.3) is 0 Å². The van der Waals surface area contributed by atoms with Gasteiger partial charge in [-0.1, -0.05) is 48.6 Å². The second-order valence-corrected chi connectivity index (χ2v) is 6.09. The molecule has 0 saturated carbocycles. The lowest BCUT2D eigenvalue weighted by Gasteiger charge is -2.24. The first-order chi connectivity index (χ1) is 12.7. The van der Waals surface area contributed by atoms with Crippen molar-refractivity contribution >= 4 is 11.8 Å². The van der Waals surface area contributed by atoms with Gasteiger partial charge in [-0.15, -0.1) is 0 Å². The fraction of sp³-hybridized carbons (Fsp3) is 0.238. The summed E-state index contributed by atoms with van der Waals surface area (Å²) in [5.41, 5.74) is 1.68. The van der Waals surface area contributed by atoms with Crippen LogP contribution in [0.3, 0.4) is 0 Å². The van der Waals surface area contributed by atoms with Gasteiger partial charge in [-0.3, -0.25) is 9.59 Å². The fourth-order valence-electron chi connectivity index (χ4n) is 2.96. The van der Waals surface area contributed by atoms with Crippen LogP contribution in [0.2, 0.25) is 0 Å². The lowest BCUT2D eigenvalue weighted by molar-refractivity contribution is -0.123. The molecule has 5 nitrogen and oxygen atoms in total. The van der Waals surface area contributed by atoms with E-state index in [1.807, 2.05) is 36.4 Å². The van der Waals surface area contributed by atoms with E-state index in [2.05, 4.69) is 5.32 Å². The Kier molecular flexibility index (Phi) is 5.69. The molecule has 0 saturated heterocycles. The van der Waals surface area contributed by atoms with Crippen LogP contribution in [0.4, 0.5) is 0 Å². The number of nitrogens with zero attached hydrogens (tertiary/aromatic N) is 1. The third kappa shape index (κ3) is 4.11. The quantitative estimate of drug-likeness (QED) is 0.814. The number of methoxy groups -OCH3 is 1. The van der Waals surface area contributed by atoms with Crippen molar-refractivity contribution in [2.45, 2.75) is 12.5 Å². The molecule has 0 bridgehead atoms. The number of nitrogens with one attached hydrogen (secondary N) is 1. The Morgan fingerprint density at radius 1 is 1.15 bits per heavy atom. The number of ether oxygens (including phenoxy) is 1. The molecule has 1 aliphatic heterocycles. The van der Waals surface area contributed by atoms with E-state index in [1.165, 1.54) is 5.56 Å². The molecular weight excluding hydrogens is 328 g/mol. The average molecular weight is 350 g/mol. The van der Waals surface area contributed by atoms with Crippen LogP contribution in [0, 0.1) is 0 Å². The molecule has 2 amide bonds. The van der Waals surface area contributed by atoms with Crippen molar-refractivity contribution in [3.05, 3.63) is 77.9 Å². The molecule has 134 valence electrons. The summed E-state index contributed by atoms with van der Waals surface area (Å²) in [4.78, 5) is 26.9. The summed E-state index contributed by atoms with van der Waals surface area (Å²) in [5, 5.41) is 2.92. The predicted molar refractivity (Wildman–Crippen MR) is 100 cm³/mol. The van der Waals surface area contributed by atoms with Crippen LogP contribution >= 0.6 is 0 Å². The van der Waals surface area contributed by atoms with Crippen molar-refractivity contribution in [2.75, 3.05) is 20.2 Å². The van der Waals surface area contributed by atoms with Crippen LogP contribution in [-0.4, -0.2) is 43.0 Å². The largest absolute Gasteiger partial charge is 0.497 e. The molecule has 0 aromatic heterocycles. The molecular formula is C21H22N2O3. The van der Waals surface area contributed by atoms with E-state index < -0.39 is 6.04 Å². The van der Waals surface area contributed by atoms with E-state index in [-0.39, 0.29) is 11.8 Å². The number of hydrogen-bond donors (Lipinski definition) is 1. The highest BCUT2D eigenvalue weighted by molar-refractivity contribution is 5.99. The third-order valence-corrected chi connectivity index (χ3v) is 4.36. The van der Waals surface area contributed by atoms with E-state index in [4.69, 9.17) is 4.74 Å². The second-order valence-electron chi connectivity index (χ2n) is 6.09. The van der Waals surface area contributed by atoms with Crippen LogP contribution in [0.1, 0.15) is 15.9 Å². The van der Waals surface area contributed by atoms with Gasteiger partial charge in [0.15, 0.2) is 0 Å². The SMILES string of the molecule is COc1cccc(C(=O)N2CC=C[C@@H]2C(=O)NCCc2ccccc2)c1.